The zero-order chi connectivity index (χ0) is 20.4. The van der Waals surface area contributed by atoms with Crippen molar-refractivity contribution in [3.63, 3.8) is 0 Å². The third-order valence-corrected chi connectivity index (χ3v) is 5.55. The first kappa shape index (κ1) is 20.4. The molecule has 1 aromatic carbocycles. The van der Waals surface area contributed by atoms with Gasteiger partial charge in [-0.25, -0.2) is 4.98 Å². The van der Waals surface area contributed by atoms with Gasteiger partial charge in [-0.1, -0.05) is 19.1 Å². The predicted octanol–water partition coefficient (Wildman–Crippen LogP) is 3.76. The van der Waals surface area contributed by atoms with Crippen molar-refractivity contribution in [3.8, 4) is 0 Å². The highest BCUT2D eigenvalue weighted by Crippen LogP contribution is 2.34. The van der Waals surface area contributed by atoms with Crippen LogP contribution in [-0.4, -0.2) is 49.8 Å². The largest absolute Gasteiger partial charge is 0.336 e. The number of likely N-dealkylation sites (tertiary alicyclic amines) is 1. The molecule has 2 amide bonds. The van der Waals surface area contributed by atoms with Crippen LogP contribution in [0.1, 0.15) is 65.7 Å². The predicted molar refractivity (Wildman–Crippen MR) is 111 cm³/mol. The zero-order valence-corrected chi connectivity index (χ0v) is 17.7. The first-order chi connectivity index (χ1) is 13.3. The van der Waals surface area contributed by atoms with Crippen LogP contribution in [0.2, 0.25) is 0 Å². The van der Waals surface area contributed by atoms with Crippen LogP contribution in [0.4, 0.5) is 0 Å². The molecule has 2 aromatic rings. The van der Waals surface area contributed by atoms with Crippen molar-refractivity contribution in [2.45, 2.75) is 78.6 Å². The standard InChI is InChI=1S/C22H32N4O2/c1-6-20(27)24-13-9-12-19(24)22-23-17-10-7-8-11-18(17)25(22)14-21(28)26(15(2)3)16(4)5/h7-8,10-11,15-16,19H,6,9,12-14H2,1-5H3/t19-/m0/s1. The number of aromatic nitrogens is 2. The lowest BCUT2D eigenvalue weighted by Gasteiger charge is -2.31. The summed E-state index contributed by atoms with van der Waals surface area (Å²) in [5, 5.41) is 0. The van der Waals surface area contributed by atoms with E-state index in [9.17, 15) is 9.59 Å². The van der Waals surface area contributed by atoms with Gasteiger partial charge in [-0.05, 0) is 52.7 Å². The summed E-state index contributed by atoms with van der Waals surface area (Å²) < 4.78 is 2.03. The number of rotatable bonds is 6. The molecule has 0 saturated carbocycles. The summed E-state index contributed by atoms with van der Waals surface area (Å²) in [5.74, 6) is 1.07. The van der Waals surface area contributed by atoms with Gasteiger partial charge in [0, 0.05) is 25.0 Å². The van der Waals surface area contributed by atoms with Crippen LogP contribution < -0.4 is 0 Å². The van der Waals surface area contributed by atoms with Gasteiger partial charge in [-0.15, -0.1) is 0 Å². The molecule has 6 heteroatoms. The Morgan fingerprint density at radius 1 is 1.18 bits per heavy atom. The van der Waals surface area contributed by atoms with Crippen molar-refractivity contribution in [1.29, 1.82) is 0 Å². The molecule has 6 nitrogen and oxygen atoms in total. The summed E-state index contributed by atoms with van der Waals surface area (Å²) in [6, 6.07) is 8.13. The summed E-state index contributed by atoms with van der Waals surface area (Å²) in [4.78, 5) is 34.3. The number of hydrogen-bond acceptors (Lipinski definition) is 3. The molecular weight excluding hydrogens is 352 g/mol. The molecule has 0 bridgehead atoms. The molecule has 1 fully saturated rings. The van der Waals surface area contributed by atoms with Gasteiger partial charge in [0.05, 0.1) is 17.1 Å². The Labute approximate surface area is 167 Å². The summed E-state index contributed by atoms with van der Waals surface area (Å²) in [7, 11) is 0. The van der Waals surface area contributed by atoms with Crippen molar-refractivity contribution < 1.29 is 9.59 Å². The third kappa shape index (κ3) is 3.77. The van der Waals surface area contributed by atoms with Crippen LogP contribution in [0.5, 0.6) is 0 Å². The molecule has 1 aromatic heterocycles. The van der Waals surface area contributed by atoms with Crippen LogP contribution in [0.15, 0.2) is 24.3 Å². The van der Waals surface area contributed by atoms with Crippen molar-refractivity contribution in [2.75, 3.05) is 6.54 Å². The molecule has 1 aliphatic rings. The number of imidazole rings is 1. The number of benzene rings is 1. The minimum absolute atomic E-state index is 0.0563. The topological polar surface area (TPSA) is 58.4 Å². The second-order valence-electron chi connectivity index (χ2n) is 8.13. The monoisotopic (exact) mass is 384 g/mol. The normalized spacial score (nSPS) is 17.1. The summed E-state index contributed by atoms with van der Waals surface area (Å²) in [6.07, 6.45) is 2.35. The summed E-state index contributed by atoms with van der Waals surface area (Å²) in [6.45, 7) is 11.1. The van der Waals surface area contributed by atoms with Crippen LogP contribution in [0, 0.1) is 0 Å². The number of hydrogen-bond donors (Lipinski definition) is 0. The average molecular weight is 385 g/mol. The maximum Gasteiger partial charge on any atom is 0.243 e. The Morgan fingerprint density at radius 3 is 2.50 bits per heavy atom. The molecule has 28 heavy (non-hydrogen) atoms. The van der Waals surface area contributed by atoms with Gasteiger partial charge in [0.15, 0.2) is 0 Å². The molecule has 0 spiro atoms. The number of fused-ring (bicyclic) bond motifs is 1. The Bertz CT molecular complexity index is 847. The van der Waals surface area contributed by atoms with Gasteiger partial charge in [0.1, 0.15) is 12.4 Å². The van der Waals surface area contributed by atoms with E-state index in [2.05, 4.69) is 0 Å². The molecule has 1 saturated heterocycles. The summed E-state index contributed by atoms with van der Waals surface area (Å²) in [5.41, 5.74) is 1.83. The molecule has 0 N–H and O–H groups in total. The highest BCUT2D eigenvalue weighted by Gasteiger charge is 2.34. The third-order valence-electron chi connectivity index (χ3n) is 5.55. The number of amides is 2. The van der Waals surface area contributed by atoms with Crippen molar-refractivity contribution >= 4 is 22.8 Å². The van der Waals surface area contributed by atoms with Gasteiger partial charge in [-0.3, -0.25) is 9.59 Å². The van der Waals surface area contributed by atoms with Crippen molar-refractivity contribution in [1.82, 2.24) is 19.4 Å². The Kier molecular flexibility index (Phi) is 6.06. The number of para-hydroxylation sites is 2. The van der Waals surface area contributed by atoms with Crippen molar-refractivity contribution in [2.24, 2.45) is 0 Å². The summed E-state index contributed by atoms with van der Waals surface area (Å²) >= 11 is 0. The fourth-order valence-corrected chi connectivity index (χ4v) is 4.44. The van der Waals surface area contributed by atoms with Crippen LogP contribution in [0.25, 0.3) is 11.0 Å². The average Bonchev–Trinajstić information content (AvgIpc) is 3.25. The smallest absolute Gasteiger partial charge is 0.243 e. The first-order valence-electron chi connectivity index (χ1n) is 10.4. The second kappa shape index (κ2) is 8.33. The van der Waals surface area contributed by atoms with E-state index in [0.29, 0.717) is 6.42 Å². The van der Waals surface area contributed by atoms with E-state index in [1.807, 2.05) is 73.3 Å². The minimum atomic E-state index is -0.0563. The molecule has 1 aliphatic heterocycles. The van der Waals surface area contributed by atoms with Gasteiger partial charge in [0.2, 0.25) is 11.8 Å². The molecule has 2 heterocycles. The number of carbonyl (C=O) groups excluding carboxylic acids is 2. The Hall–Kier alpha value is -2.37. The number of nitrogens with zero attached hydrogens (tertiary/aromatic N) is 4. The molecule has 1 atom stereocenters. The first-order valence-corrected chi connectivity index (χ1v) is 10.4. The molecule has 152 valence electrons. The van der Waals surface area contributed by atoms with E-state index in [1.165, 1.54) is 0 Å². The second-order valence-corrected chi connectivity index (χ2v) is 8.13. The van der Waals surface area contributed by atoms with E-state index >= 15 is 0 Å². The van der Waals surface area contributed by atoms with Gasteiger partial charge < -0.3 is 14.4 Å². The van der Waals surface area contributed by atoms with Gasteiger partial charge in [-0.2, -0.15) is 0 Å². The Balaban J connectivity index is 2.03. The van der Waals surface area contributed by atoms with Crippen LogP contribution >= 0.6 is 0 Å². The lowest BCUT2D eigenvalue weighted by Crippen LogP contribution is -2.44. The molecule has 0 radical (unpaired) electrons. The van der Waals surface area contributed by atoms with Crippen LogP contribution in [0.3, 0.4) is 0 Å². The lowest BCUT2D eigenvalue weighted by molar-refractivity contribution is -0.135. The van der Waals surface area contributed by atoms with E-state index in [0.717, 1.165) is 36.2 Å². The number of carbonyl (C=O) groups is 2. The van der Waals surface area contributed by atoms with E-state index in [1.54, 1.807) is 0 Å². The maximum absolute atomic E-state index is 13.2. The lowest BCUT2D eigenvalue weighted by atomic mass is 10.2. The molecule has 3 rings (SSSR count). The fourth-order valence-electron chi connectivity index (χ4n) is 4.44. The SMILES string of the molecule is CCC(=O)N1CCC[C@H]1c1nc2ccccc2n1CC(=O)N(C(C)C)C(C)C. The minimum Gasteiger partial charge on any atom is -0.336 e. The Morgan fingerprint density at radius 2 is 1.86 bits per heavy atom. The van der Waals surface area contributed by atoms with E-state index in [4.69, 9.17) is 4.98 Å². The molecular formula is C22H32N4O2. The fraction of sp³-hybridized carbons (Fsp3) is 0.591. The van der Waals surface area contributed by atoms with Crippen molar-refractivity contribution in [3.05, 3.63) is 30.1 Å². The van der Waals surface area contributed by atoms with Crippen LogP contribution in [-0.2, 0) is 16.1 Å². The highest BCUT2D eigenvalue weighted by molar-refractivity contribution is 5.82. The van der Waals surface area contributed by atoms with E-state index in [-0.39, 0.29) is 36.5 Å². The molecule has 0 unspecified atom stereocenters. The maximum atomic E-state index is 13.2. The zero-order valence-electron chi connectivity index (χ0n) is 17.7. The van der Waals surface area contributed by atoms with Gasteiger partial charge in [0.25, 0.3) is 0 Å². The van der Waals surface area contributed by atoms with E-state index < -0.39 is 0 Å². The van der Waals surface area contributed by atoms with Gasteiger partial charge >= 0.3 is 0 Å². The highest BCUT2D eigenvalue weighted by atomic mass is 16.2. The molecule has 0 aliphatic carbocycles. The quantitative estimate of drug-likeness (QED) is 0.762.